The molecule has 0 unspecified atom stereocenters. The van der Waals surface area contributed by atoms with Crippen LogP contribution in [0.2, 0.25) is 0 Å². The predicted octanol–water partition coefficient (Wildman–Crippen LogP) is -0.587. The molecule has 0 aliphatic rings. The van der Waals surface area contributed by atoms with Gasteiger partial charge in [0.2, 0.25) is 5.91 Å². The van der Waals surface area contributed by atoms with Gasteiger partial charge in [0.25, 0.3) is 0 Å². The van der Waals surface area contributed by atoms with Gasteiger partial charge in [-0.05, 0) is 6.42 Å². The van der Waals surface area contributed by atoms with Crippen molar-refractivity contribution in [3.05, 3.63) is 0 Å². The summed E-state index contributed by atoms with van der Waals surface area (Å²) in [5.74, 6) is -0.930. The van der Waals surface area contributed by atoms with Crippen LogP contribution in [0.25, 0.3) is 0 Å². The van der Waals surface area contributed by atoms with Crippen molar-refractivity contribution < 1.29 is 19.8 Å². The second kappa shape index (κ2) is 14.3. The fourth-order valence-corrected chi connectivity index (χ4v) is 1.58. The van der Waals surface area contributed by atoms with Gasteiger partial charge >= 0.3 is 35.5 Å². The average molecular weight is 284 g/mol. The van der Waals surface area contributed by atoms with Crippen LogP contribution in [0.4, 0.5) is 0 Å². The van der Waals surface area contributed by atoms with Gasteiger partial charge in [0.15, 0.2) is 0 Å². The molecule has 0 aromatic carbocycles. The second-order valence-electron chi connectivity index (χ2n) is 4.20. The molecule has 0 aliphatic carbocycles. The Morgan fingerprint density at radius 1 is 1.21 bits per heavy atom. The van der Waals surface area contributed by atoms with Crippen LogP contribution in [0.5, 0.6) is 0 Å². The summed E-state index contributed by atoms with van der Waals surface area (Å²) in [5.41, 5.74) is 0. The number of hydrogen-bond acceptors (Lipinski definition) is 4. The third kappa shape index (κ3) is 14.1. The molecule has 19 heavy (non-hydrogen) atoms. The number of carbonyl (C=O) groups excluding carboxylic acids is 1. The number of carbonyl (C=O) groups is 2. The number of aliphatic hydroxyl groups is 1. The topological polar surface area (TPSA) is 89.9 Å². The molecule has 0 rings (SSSR count). The molecule has 0 bridgehead atoms. The fraction of sp³-hybridized carbons (Fsp3) is 0.833. The Morgan fingerprint density at radius 2 is 1.89 bits per heavy atom. The molecule has 0 radical (unpaired) electrons. The van der Waals surface area contributed by atoms with Crippen molar-refractivity contribution in [3.8, 4) is 0 Å². The standard InChI is InChI=1S/C12H24N2O4.Na.H/c1-2-3-4-5-11(16)13-6-7-14(8-9-15)10-12(17)18;;/h15H,2-10H2,1H3,(H,13,16)(H,17,18);;. The summed E-state index contributed by atoms with van der Waals surface area (Å²) in [6.07, 6.45) is 3.53. The third-order valence-corrected chi connectivity index (χ3v) is 2.53. The molecule has 0 saturated heterocycles. The van der Waals surface area contributed by atoms with E-state index in [1.54, 1.807) is 4.90 Å². The van der Waals surface area contributed by atoms with Gasteiger partial charge in [0.1, 0.15) is 0 Å². The summed E-state index contributed by atoms with van der Waals surface area (Å²) in [6, 6.07) is 0. The zero-order chi connectivity index (χ0) is 13.8. The van der Waals surface area contributed by atoms with Crippen molar-refractivity contribution in [2.45, 2.75) is 32.6 Å². The van der Waals surface area contributed by atoms with Gasteiger partial charge in [-0.25, -0.2) is 0 Å². The van der Waals surface area contributed by atoms with Crippen molar-refractivity contribution in [3.63, 3.8) is 0 Å². The number of nitrogens with zero attached hydrogens (tertiary/aromatic N) is 1. The first kappa shape index (κ1) is 21.2. The van der Waals surface area contributed by atoms with Crippen molar-refractivity contribution in [2.24, 2.45) is 0 Å². The van der Waals surface area contributed by atoms with E-state index in [1.165, 1.54) is 0 Å². The second-order valence-corrected chi connectivity index (χ2v) is 4.20. The van der Waals surface area contributed by atoms with E-state index < -0.39 is 5.97 Å². The van der Waals surface area contributed by atoms with Crippen LogP contribution in [0.15, 0.2) is 0 Å². The summed E-state index contributed by atoms with van der Waals surface area (Å²) < 4.78 is 0. The Balaban J connectivity index is 0. The van der Waals surface area contributed by atoms with Gasteiger partial charge in [-0.2, -0.15) is 0 Å². The average Bonchev–Trinajstić information content (AvgIpc) is 2.29. The monoisotopic (exact) mass is 284 g/mol. The predicted molar refractivity (Wildman–Crippen MR) is 75.5 cm³/mol. The summed E-state index contributed by atoms with van der Waals surface area (Å²) in [5, 5.41) is 20.2. The van der Waals surface area contributed by atoms with E-state index in [0.29, 0.717) is 26.1 Å². The molecule has 0 heterocycles. The molecule has 0 saturated carbocycles. The van der Waals surface area contributed by atoms with Crippen molar-refractivity contribution in [1.82, 2.24) is 10.2 Å². The molecular formula is C12H25N2NaO4. The number of aliphatic carboxylic acids is 1. The zero-order valence-electron chi connectivity index (χ0n) is 11.0. The van der Waals surface area contributed by atoms with Crippen LogP contribution in [-0.4, -0.2) is 89.3 Å². The first-order chi connectivity index (χ1) is 8.60. The Bertz CT molecular complexity index is 252. The van der Waals surface area contributed by atoms with Crippen LogP contribution >= 0.6 is 0 Å². The SMILES string of the molecule is CCCCCC(=O)NCCN(CCO)CC(=O)O.[NaH]. The fourth-order valence-electron chi connectivity index (χ4n) is 1.58. The first-order valence-corrected chi connectivity index (χ1v) is 6.41. The number of rotatable bonds is 11. The molecule has 0 fully saturated rings. The maximum absolute atomic E-state index is 11.4. The molecule has 1 amide bonds. The Kier molecular flexibility index (Phi) is 15.9. The Morgan fingerprint density at radius 3 is 2.42 bits per heavy atom. The van der Waals surface area contributed by atoms with E-state index in [1.807, 2.05) is 0 Å². The molecule has 0 atom stereocenters. The van der Waals surface area contributed by atoms with Crippen LogP contribution in [0.1, 0.15) is 32.6 Å². The van der Waals surface area contributed by atoms with E-state index in [2.05, 4.69) is 12.2 Å². The van der Waals surface area contributed by atoms with Crippen molar-refractivity contribution in [2.75, 3.05) is 32.8 Å². The van der Waals surface area contributed by atoms with E-state index in [0.717, 1.165) is 19.3 Å². The Hall–Kier alpha value is -0.140. The summed E-state index contributed by atoms with van der Waals surface area (Å²) in [4.78, 5) is 23.5. The van der Waals surface area contributed by atoms with Crippen LogP contribution < -0.4 is 5.32 Å². The third-order valence-electron chi connectivity index (χ3n) is 2.53. The van der Waals surface area contributed by atoms with Gasteiger partial charge in [0.05, 0.1) is 13.2 Å². The molecule has 108 valence electrons. The van der Waals surface area contributed by atoms with Gasteiger partial charge in [0, 0.05) is 26.1 Å². The van der Waals surface area contributed by atoms with Gasteiger partial charge in [-0.3, -0.25) is 14.5 Å². The van der Waals surface area contributed by atoms with Gasteiger partial charge in [-0.1, -0.05) is 19.8 Å². The number of aliphatic hydroxyl groups excluding tert-OH is 1. The van der Waals surface area contributed by atoms with Crippen LogP contribution in [0.3, 0.4) is 0 Å². The molecule has 0 aromatic heterocycles. The van der Waals surface area contributed by atoms with E-state index in [9.17, 15) is 9.59 Å². The minimum absolute atomic E-state index is 0. The van der Waals surface area contributed by atoms with E-state index in [-0.39, 0.29) is 48.6 Å². The minimum atomic E-state index is -0.933. The van der Waals surface area contributed by atoms with Crippen molar-refractivity contribution in [1.29, 1.82) is 0 Å². The van der Waals surface area contributed by atoms with Gasteiger partial charge in [-0.15, -0.1) is 0 Å². The molecule has 0 aliphatic heterocycles. The molecular weight excluding hydrogens is 259 g/mol. The number of carboxylic acid groups (broad SMARTS) is 1. The molecule has 7 heteroatoms. The van der Waals surface area contributed by atoms with Crippen molar-refractivity contribution >= 4 is 41.4 Å². The summed E-state index contributed by atoms with van der Waals surface area (Å²) >= 11 is 0. The number of amides is 1. The molecule has 3 N–H and O–H groups in total. The number of carboxylic acids is 1. The van der Waals surface area contributed by atoms with Crippen LogP contribution in [-0.2, 0) is 9.59 Å². The molecule has 0 aromatic rings. The van der Waals surface area contributed by atoms with E-state index in [4.69, 9.17) is 10.2 Å². The summed E-state index contributed by atoms with van der Waals surface area (Å²) in [7, 11) is 0. The zero-order valence-corrected chi connectivity index (χ0v) is 11.0. The molecule has 6 nitrogen and oxygen atoms in total. The normalized spacial score (nSPS) is 10.1. The Labute approximate surface area is 136 Å². The first-order valence-electron chi connectivity index (χ1n) is 6.41. The number of hydrogen-bond donors (Lipinski definition) is 3. The maximum atomic E-state index is 11.4. The molecule has 0 spiro atoms. The summed E-state index contributed by atoms with van der Waals surface area (Å²) in [6.45, 7) is 3.03. The number of unbranched alkanes of at least 4 members (excludes halogenated alkanes) is 2. The van der Waals surface area contributed by atoms with E-state index >= 15 is 0 Å². The number of nitrogens with one attached hydrogen (secondary N) is 1. The quantitative estimate of drug-likeness (QED) is 0.349. The van der Waals surface area contributed by atoms with Gasteiger partial charge < -0.3 is 15.5 Å². The van der Waals surface area contributed by atoms with Crippen LogP contribution in [0, 0.1) is 0 Å².